The number of ether oxygens (including phenoxy) is 11. The quantitative estimate of drug-likeness (QED) is 0.0180. The van der Waals surface area contributed by atoms with Crippen LogP contribution in [0.4, 0.5) is 0 Å². The molecule has 2 saturated heterocycles. The molecule has 0 spiro atoms. The number of esters is 4. The third-order valence-corrected chi connectivity index (χ3v) is 14.3. The Hall–Kier alpha value is -7.40. The molecule has 4 atom stereocenters. The standard InChI is InChI=1S/C68H78O15/c1-7-9-11-13-15-23-45-73-55-37-29-49(30-38-55)61(69)77-57-41-33-51(34-42-57)63(71)81-67(53-25-19-17-20-26-53,59-47-75-65(3,4)79-59)83-68(54-27-21-18-22-28-54,60-48-76-66(5,6)80-60)82-64(72)52-35-43-58(44-36-52)78-62(70)50-31-39-56(40-32-50)74-46-24-16-14-12-10-8-2/h17-22,25-44,59-60H,7-16,23-24,45-48H2,1-6H3/t59?,60?,67-,68-/m1/s1. The summed E-state index contributed by atoms with van der Waals surface area (Å²) in [6.45, 7) is 12.1. The fraction of sp³-hybridized carbons (Fsp3) is 0.412. The van der Waals surface area contributed by atoms with Gasteiger partial charge in [-0.15, -0.1) is 0 Å². The summed E-state index contributed by atoms with van der Waals surface area (Å²) in [5, 5.41) is 0. The minimum Gasteiger partial charge on any atom is -0.494 e. The summed E-state index contributed by atoms with van der Waals surface area (Å²) in [6.07, 6.45) is 11.4. The Morgan fingerprint density at radius 2 is 0.723 bits per heavy atom. The van der Waals surface area contributed by atoms with Crippen LogP contribution in [0, 0.1) is 0 Å². The number of rotatable bonds is 30. The van der Waals surface area contributed by atoms with Crippen LogP contribution in [0.3, 0.4) is 0 Å². The number of carbonyl (C=O) groups excluding carboxylic acids is 4. The van der Waals surface area contributed by atoms with E-state index in [1.165, 1.54) is 99.9 Å². The molecule has 0 saturated carbocycles. The van der Waals surface area contributed by atoms with E-state index in [9.17, 15) is 19.2 Å². The van der Waals surface area contributed by atoms with E-state index < -0.39 is 59.2 Å². The molecule has 2 unspecified atom stereocenters. The van der Waals surface area contributed by atoms with Gasteiger partial charge in [-0.2, -0.15) is 0 Å². The van der Waals surface area contributed by atoms with E-state index in [0.29, 0.717) is 47.0 Å². The molecular formula is C68H78O15. The minimum absolute atomic E-state index is 0.0493. The summed E-state index contributed by atoms with van der Waals surface area (Å²) >= 11 is 0. The highest BCUT2D eigenvalue weighted by atomic mass is 16.9. The van der Waals surface area contributed by atoms with Crippen molar-refractivity contribution in [2.45, 2.75) is 154 Å². The topological polar surface area (TPSA) is 170 Å². The lowest BCUT2D eigenvalue weighted by atomic mass is 9.95. The first-order valence-corrected chi connectivity index (χ1v) is 29.1. The predicted octanol–water partition coefficient (Wildman–Crippen LogP) is 14.6. The van der Waals surface area contributed by atoms with E-state index in [-0.39, 0.29) is 35.8 Å². The van der Waals surface area contributed by atoms with Gasteiger partial charge in [-0.05, 0) is 138 Å². The van der Waals surface area contributed by atoms with Gasteiger partial charge in [0.2, 0.25) is 0 Å². The van der Waals surface area contributed by atoms with Gasteiger partial charge < -0.3 is 47.4 Å². The maximum Gasteiger partial charge on any atom is 0.343 e. The third kappa shape index (κ3) is 16.9. The van der Waals surface area contributed by atoms with Crippen molar-refractivity contribution in [1.29, 1.82) is 0 Å². The highest BCUT2D eigenvalue weighted by molar-refractivity contribution is 5.93. The number of unbranched alkanes of at least 4 members (excludes halogenated alkanes) is 10. The van der Waals surface area contributed by atoms with Crippen molar-refractivity contribution in [2.24, 2.45) is 0 Å². The Kier molecular flexibility index (Phi) is 21.7. The number of benzene rings is 6. The fourth-order valence-electron chi connectivity index (χ4n) is 9.79. The molecule has 8 rings (SSSR count). The average Bonchev–Trinajstić information content (AvgIpc) is 2.46. The second-order valence-electron chi connectivity index (χ2n) is 21.7. The van der Waals surface area contributed by atoms with E-state index in [1.54, 1.807) is 137 Å². The van der Waals surface area contributed by atoms with E-state index in [2.05, 4.69) is 13.8 Å². The Bertz CT molecular complexity index is 2800. The van der Waals surface area contributed by atoms with Crippen LogP contribution in [0.5, 0.6) is 23.0 Å². The maximum absolute atomic E-state index is 15.0. The summed E-state index contributed by atoms with van der Waals surface area (Å²) in [4.78, 5) is 56.6. The lowest BCUT2D eigenvalue weighted by molar-refractivity contribution is -0.394. The zero-order chi connectivity index (χ0) is 58.7. The van der Waals surface area contributed by atoms with Crippen LogP contribution in [0.2, 0.25) is 0 Å². The van der Waals surface area contributed by atoms with Crippen LogP contribution < -0.4 is 18.9 Å². The highest BCUT2D eigenvalue weighted by Gasteiger charge is 2.62. The summed E-state index contributed by atoms with van der Waals surface area (Å²) < 4.78 is 69.7. The first-order chi connectivity index (χ1) is 40.1. The van der Waals surface area contributed by atoms with Gasteiger partial charge in [-0.1, -0.05) is 139 Å². The first-order valence-electron chi connectivity index (χ1n) is 29.1. The van der Waals surface area contributed by atoms with Crippen LogP contribution in [0.1, 0.15) is 171 Å². The lowest BCUT2D eigenvalue weighted by Crippen LogP contribution is -2.58. The van der Waals surface area contributed by atoms with Gasteiger partial charge in [-0.25, -0.2) is 19.2 Å². The normalized spacial score (nSPS) is 17.6. The van der Waals surface area contributed by atoms with Crippen LogP contribution in [-0.2, 0) is 44.7 Å². The van der Waals surface area contributed by atoms with Gasteiger partial charge in [0.05, 0.1) is 48.7 Å². The van der Waals surface area contributed by atoms with Crippen molar-refractivity contribution in [1.82, 2.24) is 0 Å². The molecule has 6 aromatic carbocycles. The molecule has 2 aliphatic heterocycles. The zero-order valence-electron chi connectivity index (χ0n) is 48.6. The monoisotopic (exact) mass is 1130 g/mol. The van der Waals surface area contributed by atoms with Gasteiger partial charge in [0.1, 0.15) is 23.0 Å². The van der Waals surface area contributed by atoms with E-state index in [1.807, 2.05) is 0 Å². The Labute approximate surface area is 487 Å². The molecule has 0 aromatic heterocycles. The Morgan fingerprint density at radius 1 is 0.410 bits per heavy atom. The van der Waals surface area contributed by atoms with E-state index in [4.69, 9.17) is 52.1 Å². The number of carbonyl (C=O) groups is 4. The Balaban J connectivity index is 1.04. The molecule has 15 nitrogen and oxygen atoms in total. The number of hydrogen-bond donors (Lipinski definition) is 0. The summed E-state index contributed by atoms with van der Waals surface area (Å²) in [5.41, 5.74) is 1.31. The average molecular weight is 1140 g/mol. The zero-order valence-corrected chi connectivity index (χ0v) is 48.6. The minimum atomic E-state index is -2.29. The van der Waals surface area contributed by atoms with Gasteiger partial charge in [-0.3, -0.25) is 4.74 Å². The predicted molar refractivity (Wildman–Crippen MR) is 311 cm³/mol. The Morgan fingerprint density at radius 3 is 1.05 bits per heavy atom. The largest absolute Gasteiger partial charge is 0.494 e. The van der Waals surface area contributed by atoms with Crippen LogP contribution in [0.25, 0.3) is 0 Å². The molecule has 15 heteroatoms. The van der Waals surface area contributed by atoms with Crippen molar-refractivity contribution in [3.63, 3.8) is 0 Å². The van der Waals surface area contributed by atoms with Crippen molar-refractivity contribution in [3.05, 3.63) is 191 Å². The fourth-order valence-corrected chi connectivity index (χ4v) is 9.79. The summed E-state index contributed by atoms with van der Waals surface area (Å²) in [6, 6.07) is 42.6. The molecule has 6 aromatic rings. The molecule has 0 aliphatic carbocycles. The van der Waals surface area contributed by atoms with E-state index in [0.717, 1.165) is 25.7 Å². The molecule has 2 heterocycles. The highest BCUT2D eigenvalue weighted by Crippen LogP contribution is 2.49. The molecule has 0 amide bonds. The van der Waals surface area contributed by atoms with Crippen molar-refractivity contribution in [3.8, 4) is 23.0 Å². The first kappa shape index (κ1) is 61.7. The molecule has 0 bridgehead atoms. The molecule has 83 heavy (non-hydrogen) atoms. The molecule has 2 fully saturated rings. The van der Waals surface area contributed by atoms with Gasteiger partial charge in [0, 0.05) is 11.1 Å². The van der Waals surface area contributed by atoms with Crippen molar-refractivity contribution < 1.29 is 71.3 Å². The molecule has 0 radical (unpaired) electrons. The molecule has 2 aliphatic rings. The van der Waals surface area contributed by atoms with Crippen molar-refractivity contribution >= 4 is 23.9 Å². The van der Waals surface area contributed by atoms with Crippen LogP contribution in [0.15, 0.2) is 158 Å². The molecule has 0 N–H and O–H groups in total. The molecular weight excluding hydrogens is 1060 g/mol. The van der Waals surface area contributed by atoms with Gasteiger partial charge >= 0.3 is 23.9 Å². The second-order valence-corrected chi connectivity index (χ2v) is 21.7. The lowest BCUT2D eigenvalue weighted by Gasteiger charge is -2.46. The maximum atomic E-state index is 15.0. The number of hydrogen-bond acceptors (Lipinski definition) is 15. The molecule has 440 valence electrons. The van der Waals surface area contributed by atoms with Crippen molar-refractivity contribution in [2.75, 3.05) is 26.4 Å². The smallest absolute Gasteiger partial charge is 0.343 e. The second kappa shape index (κ2) is 29.2. The van der Waals surface area contributed by atoms with Gasteiger partial charge in [0.15, 0.2) is 23.8 Å². The van der Waals surface area contributed by atoms with Gasteiger partial charge in [0.25, 0.3) is 11.6 Å². The van der Waals surface area contributed by atoms with Crippen LogP contribution >= 0.6 is 0 Å². The third-order valence-electron chi connectivity index (χ3n) is 14.3. The SMILES string of the molecule is CCCCCCCCOc1ccc(C(=O)Oc2ccc(C(=O)O[C@@](O[C@](OC(=O)c3ccc(OC(=O)c4ccc(OCCCCCCCC)cc4)cc3)(c3ccccc3)C3COC(C)(C)O3)(c3ccccc3)C3COC(C)(C)O3)cc2)cc1. The summed E-state index contributed by atoms with van der Waals surface area (Å²) in [5.74, 6) is -8.29. The summed E-state index contributed by atoms with van der Waals surface area (Å²) in [7, 11) is 0. The van der Waals surface area contributed by atoms with E-state index >= 15 is 0 Å². The van der Waals surface area contributed by atoms with Crippen LogP contribution in [-0.4, -0.2) is 74.1 Å².